The van der Waals surface area contributed by atoms with E-state index in [0.29, 0.717) is 0 Å². The van der Waals surface area contributed by atoms with E-state index in [9.17, 15) is 0 Å². The number of rotatable bonds is 3. The molecule has 2 heterocycles. The number of para-hydroxylation sites is 1. The molecule has 4 heteroatoms. The zero-order chi connectivity index (χ0) is 12.4. The highest BCUT2D eigenvalue weighted by Gasteiger charge is 2.07. The molecule has 1 unspecified atom stereocenters. The molecule has 0 radical (unpaired) electrons. The Kier molecular flexibility index (Phi) is 2.68. The molecule has 3 aromatic rings. The number of nitrogens with one attached hydrogen (secondary N) is 2. The number of fused-ring (bicyclic) bond motifs is 1. The van der Waals surface area contributed by atoms with Crippen molar-refractivity contribution in [3.8, 4) is 0 Å². The van der Waals surface area contributed by atoms with Crippen molar-refractivity contribution in [3.63, 3.8) is 0 Å². The lowest BCUT2D eigenvalue weighted by Gasteiger charge is -2.15. The van der Waals surface area contributed by atoms with Gasteiger partial charge in [0.1, 0.15) is 0 Å². The summed E-state index contributed by atoms with van der Waals surface area (Å²) < 4.78 is 0. The van der Waals surface area contributed by atoms with Crippen molar-refractivity contribution in [2.75, 3.05) is 5.32 Å². The van der Waals surface area contributed by atoms with Crippen LogP contribution in [0.4, 0.5) is 5.69 Å². The Bertz CT molecular complexity index is 645. The first kappa shape index (κ1) is 10.8. The van der Waals surface area contributed by atoms with Gasteiger partial charge in [0.2, 0.25) is 0 Å². The van der Waals surface area contributed by atoms with Crippen LogP contribution in [0.2, 0.25) is 0 Å². The maximum absolute atomic E-state index is 4.07. The Labute approximate surface area is 105 Å². The summed E-state index contributed by atoms with van der Waals surface area (Å²) in [6.07, 6.45) is 5.45. The molecule has 0 aliphatic rings. The van der Waals surface area contributed by atoms with Crippen LogP contribution in [0.25, 0.3) is 10.9 Å². The van der Waals surface area contributed by atoms with Crippen LogP contribution in [-0.2, 0) is 0 Å². The molecule has 3 rings (SSSR count). The maximum atomic E-state index is 4.07. The number of benzene rings is 1. The van der Waals surface area contributed by atoms with E-state index >= 15 is 0 Å². The van der Waals surface area contributed by atoms with E-state index in [2.05, 4.69) is 33.5 Å². The average Bonchev–Trinajstić information content (AvgIpc) is 2.89. The number of nitrogens with zero attached hydrogens (tertiary/aromatic N) is 2. The fourth-order valence-corrected chi connectivity index (χ4v) is 2.06. The van der Waals surface area contributed by atoms with Crippen LogP contribution in [0.15, 0.2) is 48.9 Å². The summed E-state index contributed by atoms with van der Waals surface area (Å²) in [5.41, 5.74) is 3.31. The molecule has 1 aromatic carbocycles. The molecular weight excluding hydrogens is 224 g/mol. The molecule has 0 saturated carbocycles. The zero-order valence-electron chi connectivity index (χ0n) is 10.1. The molecule has 0 saturated heterocycles. The summed E-state index contributed by atoms with van der Waals surface area (Å²) in [4.78, 5) is 4.03. The summed E-state index contributed by atoms with van der Waals surface area (Å²) in [6.45, 7) is 2.13. The first-order chi connectivity index (χ1) is 8.84. The second-order valence-electron chi connectivity index (χ2n) is 4.29. The van der Waals surface area contributed by atoms with Gasteiger partial charge in [0, 0.05) is 23.8 Å². The molecule has 0 spiro atoms. The maximum Gasteiger partial charge on any atom is 0.0881 e. The number of H-pyrrole nitrogens is 1. The van der Waals surface area contributed by atoms with E-state index in [4.69, 9.17) is 0 Å². The Hall–Kier alpha value is -2.36. The quantitative estimate of drug-likeness (QED) is 0.737. The van der Waals surface area contributed by atoms with Gasteiger partial charge in [-0.3, -0.25) is 10.1 Å². The highest BCUT2D eigenvalue weighted by atomic mass is 15.1. The second kappa shape index (κ2) is 4.49. The van der Waals surface area contributed by atoms with Crippen molar-refractivity contribution >= 4 is 16.6 Å². The van der Waals surface area contributed by atoms with E-state index in [1.165, 1.54) is 5.56 Å². The molecule has 0 aliphatic carbocycles. The van der Waals surface area contributed by atoms with Crippen molar-refractivity contribution in [2.24, 2.45) is 0 Å². The Morgan fingerprint density at radius 2 is 2.00 bits per heavy atom. The first-order valence-corrected chi connectivity index (χ1v) is 5.93. The van der Waals surface area contributed by atoms with Gasteiger partial charge in [-0.1, -0.05) is 12.1 Å². The van der Waals surface area contributed by atoms with Crippen LogP contribution in [0.5, 0.6) is 0 Å². The van der Waals surface area contributed by atoms with E-state index < -0.39 is 0 Å². The largest absolute Gasteiger partial charge is 0.377 e. The third-order valence-electron chi connectivity index (χ3n) is 3.05. The molecule has 2 N–H and O–H groups in total. The lowest BCUT2D eigenvalue weighted by Crippen LogP contribution is -2.06. The van der Waals surface area contributed by atoms with Gasteiger partial charge in [-0.05, 0) is 30.7 Å². The van der Waals surface area contributed by atoms with Crippen molar-refractivity contribution in [1.29, 1.82) is 0 Å². The van der Waals surface area contributed by atoms with Gasteiger partial charge >= 0.3 is 0 Å². The van der Waals surface area contributed by atoms with Crippen LogP contribution in [0, 0.1) is 0 Å². The SMILES string of the molecule is CC(Nc1cccc2cn[nH]c12)c1ccncc1. The zero-order valence-corrected chi connectivity index (χ0v) is 10.1. The molecule has 4 nitrogen and oxygen atoms in total. The van der Waals surface area contributed by atoms with Crippen LogP contribution < -0.4 is 5.32 Å². The lowest BCUT2D eigenvalue weighted by atomic mass is 10.1. The number of hydrogen-bond donors (Lipinski definition) is 2. The fourth-order valence-electron chi connectivity index (χ4n) is 2.06. The molecule has 0 bridgehead atoms. The normalized spacial score (nSPS) is 12.5. The molecule has 18 heavy (non-hydrogen) atoms. The van der Waals surface area contributed by atoms with E-state index in [-0.39, 0.29) is 6.04 Å². The van der Waals surface area contributed by atoms with Crippen molar-refractivity contribution in [1.82, 2.24) is 15.2 Å². The number of aromatic amines is 1. The summed E-state index contributed by atoms with van der Waals surface area (Å²) in [5, 5.41) is 11.7. The summed E-state index contributed by atoms with van der Waals surface area (Å²) >= 11 is 0. The van der Waals surface area contributed by atoms with E-state index in [0.717, 1.165) is 16.6 Å². The highest BCUT2D eigenvalue weighted by molar-refractivity contribution is 5.90. The van der Waals surface area contributed by atoms with Crippen LogP contribution in [0.1, 0.15) is 18.5 Å². The van der Waals surface area contributed by atoms with Gasteiger partial charge in [-0.15, -0.1) is 0 Å². The Balaban J connectivity index is 1.91. The fraction of sp³-hybridized carbons (Fsp3) is 0.143. The first-order valence-electron chi connectivity index (χ1n) is 5.93. The molecule has 90 valence electrons. The predicted octanol–water partition coefficient (Wildman–Crippen LogP) is 3.13. The van der Waals surface area contributed by atoms with Crippen molar-refractivity contribution in [2.45, 2.75) is 13.0 Å². The van der Waals surface area contributed by atoms with Crippen molar-refractivity contribution in [3.05, 3.63) is 54.5 Å². The standard InChI is InChI=1S/C14H14N4/c1-10(11-5-7-15-8-6-11)17-13-4-2-3-12-9-16-18-14(12)13/h2-10,17H,1H3,(H,16,18). The lowest BCUT2D eigenvalue weighted by molar-refractivity contribution is 0.881. The smallest absolute Gasteiger partial charge is 0.0881 e. The minimum Gasteiger partial charge on any atom is -0.377 e. The molecule has 2 aromatic heterocycles. The van der Waals surface area contributed by atoms with E-state index in [1.54, 1.807) is 0 Å². The summed E-state index contributed by atoms with van der Waals surface area (Å²) in [5.74, 6) is 0. The second-order valence-corrected chi connectivity index (χ2v) is 4.29. The number of aromatic nitrogens is 3. The van der Waals surface area contributed by atoms with Gasteiger partial charge < -0.3 is 5.32 Å². The molecule has 0 fully saturated rings. The monoisotopic (exact) mass is 238 g/mol. The average molecular weight is 238 g/mol. The van der Waals surface area contributed by atoms with E-state index in [1.807, 2.05) is 42.9 Å². The van der Waals surface area contributed by atoms with Crippen molar-refractivity contribution < 1.29 is 0 Å². The Morgan fingerprint density at radius 1 is 1.17 bits per heavy atom. The van der Waals surface area contributed by atoms with Gasteiger partial charge in [0.15, 0.2) is 0 Å². The van der Waals surface area contributed by atoms with Gasteiger partial charge in [-0.2, -0.15) is 5.10 Å². The summed E-state index contributed by atoms with van der Waals surface area (Å²) in [6, 6.07) is 10.4. The molecule has 0 aliphatic heterocycles. The molecule has 0 amide bonds. The third-order valence-corrected chi connectivity index (χ3v) is 3.05. The highest BCUT2D eigenvalue weighted by Crippen LogP contribution is 2.24. The van der Waals surface area contributed by atoms with Crippen LogP contribution >= 0.6 is 0 Å². The third kappa shape index (κ3) is 1.93. The van der Waals surface area contributed by atoms with Gasteiger partial charge in [0.25, 0.3) is 0 Å². The number of anilines is 1. The topological polar surface area (TPSA) is 53.6 Å². The summed E-state index contributed by atoms with van der Waals surface area (Å²) in [7, 11) is 0. The minimum atomic E-state index is 0.224. The minimum absolute atomic E-state index is 0.224. The van der Waals surface area contributed by atoms with Gasteiger partial charge in [0.05, 0.1) is 17.4 Å². The number of pyridine rings is 1. The van der Waals surface area contributed by atoms with Crippen LogP contribution in [0.3, 0.4) is 0 Å². The molecular formula is C14H14N4. The Morgan fingerprint density at radius 3 is 2.83 bits per heavy atom. The molecule has 1 atom stereocenters. The van der Waals surface area contributed by atoms with Gasteiger partial charge in [-0.25, -0.2) is 0 Å². The van der Waals surface area contributed by atoms with Crippen LogP contribution in [-0.4, -0.2) is 15.2 Å². The number of hydrogen-bond acceptors (Lipinski definition) is 3. The predicted molar refractivity (Wildman–Crippen MR) is 72.4 cm³/mol.